The summed E-state index contributed by atoms with van der Waals surface area (Å²) in [5.74, 6) is 1.48. The molecule has 2 aromatic carbocycles. The number of carbonyl (C=O) groups is 1. The first-order valence-electron chi connectivity index (χ1n) is 7.89. The van der Waals surface area contributed by atoms with Crippen LogP contribution in [0.5, 0.6) is 11.5 Å². The highest BCUT2D eigenvalue weighted by Crippen LogP contribution is 2.21. The average molecular weight is 324 g/mol. The summed E-state index contributed by atoms with van der Waals surface area (Å²) in [4.78, 5) is 15.3. The summed E-state index contributed by atoms with van der Waals surface area (Å²) in [5.41, 5.74) is 1.43. The van der Waals surface area contributed by atoms with Crippen molar-refractivity contribution in [3.05, 3.63) is 60.3 Å². The molecule has 0 unspecified atom stereocenters. The molecule has 0 radical (unpaired) electrons. The lowest BCUT2D eigenvalue weighted by Gasteiger charge is -2.06. The van der Waals surface area contributed by atoms with Gasteiger partial charge in [-0.25, -0.2) is 0 Å². The number of amides is 1. The molecule has 5 nitrogen and oxygen atoms in total. The van der Waals surface area contributed by atoms with Crippen LogP contribution >= 0.6 is 0 Å². The van der Waals surface area contributed by atoms with Gasteiger partial charge in [0.25, 0.3) is 5.91 Å². The molecule has 2 N–H and O–H groups in total. The summed E-state index contributed by atoms with van der Waals surface area (Å²) in [6, 6.07) is 17.2. The number of ether oxygens (including phenoxy) is 2. The van der Waals surface area contributed by atoms with Crippen LogP contribution in [-0.4, -0.2) is 31.2 Å². The molecule has 124 valence electrons. The van der Waals surface area contributed by atoms with Crippen molar-refractivity contribution >= 4 is 16.8 Å². The molecule has 1 heterocycles. The first-order chi connectivity index (χ1) is 11.8. The summed E-state index contributed by atoms with van der Waals surface area (Å²) in [6.07, 6.45) is 0.745. The number of aromatic amines is 1. The van der Waals surface area contributed by atoms with Crippen molar-refractivity contribution in [2.24, 2.45) is 0 Å². The fourth-order valence-electron chi connectivity index (χ4n) is 2.43. The third-order valence-corrected chi connectivity index (χ3v) is 3.69. The lowest BCUT2D eigenvalue weighted by molar-refractivity contribution is 0.0947. The molecule has 0 aliphatic rings. The summed E-state index contributed by atoms with van der Waals surface area (Å²) in [5, 5.41) is 3.87. The number of para-hydroxylation sites is 1. The fourth-order valence-corrected chi connectivity index (χ4v) is 2.43. The van der Waals surface area contributed by atoms with Crippen molar-refractivity contribution in [2.45, 2.75) is 6.42 Å². The molecule has 5 heteroatoms. The molecular weight excluding hydrogens is 304 g/mol. The molecule has 0 fully saturated rings. The van der Waals surface area contributed by atoms with Gasteiger partial charge in [-0.1, -0.05) is 18.2 Å². The Hall–Kier alpha value is -2.95. The molecule has 0 saturated heterocycles. The number of rotatable bonds is 7. The highest BCUT2D eigenvalue weighted by molar-refractivity contribution is 5.98. The number of hydrogen-bond acceptors (Lipinski definition) is 3. The van der Waals surface area contributed by atoms with Crippen LogP contribution in [0, 0.1) is 0 Å². The van der Waals surface area contributed by atoms with Gasteiger partial charge in [-0.2, -0.15) is 0 Å². The minimum atomic E-state index is -0.120. The maximum absolute atomic E-state index is 12.2. The monoisotopic (exact) mass is 324 g/mol. The smallest absolute Gasteiger partial charge is 0.267 e. The maximum atomic E-state index is 12.2. The SMILES string of the molecule is COc1ccc2cc(C(=O)NCCCOc3ccccc3)[nH]c2c1. The molecule has 3 rings (SSSR count). The van der Waals surface area contributed by atoms with Gasteiger partial charge < -0.3 is 19.8 Å². The van der Waals surface area contributed by atoms with Gasteiger partial charge in [0, 0.05) is 23.5 Å². The summed E-state index contributed by atoms with van der Waals surface area (Å²) >= 11 is 0. The van der Waals surface area contributed by atoms with Crippen LogP contribution in [0.1, 0.15) is 16.9 Å². The van der Waals surface area contributed by atoms with E-state index in [9.17, 15) is 4.79 Å². The van der Waals surface area contributed by atoms with E-state index in [0.29, 0.717) is 18.8 Å². The van der Waals surface area contributed by atoms with Gasteiger partial charge in [0.15, 0.2) is 0 Å². The van der Waals surface area contributed by atoms with Gasteiger partial charge in [0.2, 0.25) is 0 Å². The van der Waals surface area contributed by atoms with Crippen molar-refractivity contribution in [1.82, 2.24) is 10.3 Å². The third kappa shape index (κ3) is 3.87. The number of nitrogens with one attached hydrogen (secondary N) is 2. The van der Waals surface area contributed by atoms with Crippen molar-refractivity contribution < 1.29 is 14.3 Å². The molecule has 1 amide bonds. The normalized spacial score (nSPS) is 10.5. The van der Waals surface area contributed by atoms with Crippen LogP contribution in [0.2, 0.25) is 0 Å². The number of hydrogen-bond donors (Lipinski definition) is 2. The van der Waals surface area contributed by atoms with Gasteiger partial charge in [-0.3, -0.25) is 4.79 Å². The van der Waals surface area contributed by atoms with Crippen LogP contribution in [0.15, 0.2) is 54.6 Å². The minimum Gasteiger partial charge on any atom is -0.497 e. The number of methoxy groups -OCH3 is 1. The minimum absolute atomic E-state index is 0.120. The number of fused-ring (bicyclic) bond motifs is 1. The number of benzene rings is 2. The lowest BCUT2D eigenvalue weighted by atomic mass is 10.2. The molecule has 0 spiro atoms. The van der Waals surface area contributed by atoms with Gasteiger partial charge in [-0.15, -0.1) is 0 Å². The first-order valence-corrected chi connectivity index (χ1v) is 7.89. The Labute approximate surface area is 140 Å². The van der Waals surface area contributed by atoms with E-state index in [1.807, 2.05) is 54.6 Å². The van der Waals surface area contributed by atoms with Crippen LogP contribution < -0.4 is 14.8 Å². The van der Waals surface area contributed by atoms with Gasteiger partial charge in [0.1, 0.15) is 17.2 Å². The molecule has 1 aromatic heterocycles. The zero-order valence-electron chi connectivity index (χ0n) is 13.5. The average Bonchev–Trinajstić information content (AvgIpc) is 3.05. The van der Waals surface area contributed by atoms with Crippen molar-refractivity contribution in [3.8, 4) is 11.5 Å². The van der Waals surface area contributed by atoms with E-state index in [0.717, 1.165) is 28.8 Å². The third-order valence-electron chi connectivity index (χ3n) is 3.69. The van der Waals surface area contributed by atoms with E-state index >= 15 is 0 Å². The van der Waals surface area contributed by atoms with Crippen molar-refractivity contribution in [2.75, 3.05) is 20.3 Å². The van der Waals surface area contributed by atoms with Crippen molar-refractivity contribution in [1.29, 1.82) is 0 Å². The van der Waals surface area contributed by atoms with Gasteiger partial charge in [0.05, 0.1) is 13.7 Å². The summed E-state index contributed by atoms with van der Waals surface area (Å²) in [7, 11) is 1.62. The second-order valence-corrected chi connectivity index (χ2v) is 5.41. The predicted octanol–water partition coefficient (Wildman–Crippen LogP) is 3.38. The second kappa shape index (κ2) is 7.55. The summed E-state index contributed by atoms with van der Waals surface area (Å²) in [6.45, 7) is 1.12. The first kappa shape index (κ1) is 15.9. The topological polar surface area (TPSA) is 63.4 Å². The molecular formula is C19H20N2O3. The molecule has 0 bridgehead atoms. The standard InChI is InChI=1S/C19H20N2O3/c1-23-16-9-8-14-12-18(21-17(14)13-16)19(22)20-10-5-11-24-15-6-3-2-4-7-15/h2-4,6-9,12-13,21H,5,10-11H2,1H3,(H,20,22). The van der Waals surface area contributed by atoms with E-state index < -0.39 is 0 Å². The van der Waals surface area contributed by atoms with Crippen LogP contribution in [0.25, 0.3) is 10.9 Å². The zero-order chi connectivity index (χ0) is 16.8. The van der Waals surface area contributed by atoms with E-state index in [2.05, 4.69) is 10.3 Å². The number of aromatic nitrogens is 1. The van der Waals surface area contributed by atoms with Gasteiger partial charge in [-0.05, 0) is 36.8 Å². The molecule has 0 saturated carbocycles. The Morgan fingerprint density at radius 2 is 1.92 bits per heavy atom. The Balaban J connectivity index is 1.48. The number of H-pyrrole nitrogens is 1. The predicted molar refractivity (Wildman–Crippen MR) is 93.7 cm³/mol. The fraction of sp³-hybridized carbons (Fsp3) is 0.211. The summed E-state index contributed by atoms with van der Waals surface area (Å²) < 4.78 is 10.8. The largest absolute Gasteiger partial charge is 0.497 e. The lowest BCUT2D eigenvalue weighted by Crippen LogP contribution is -2.25. The molecule has 3 aromatic rings. The van der Waals surface area contributed by atoms with Gasteiger partial charge >= 0.3 is 0 Å². The zero-order valence-corrected chi connectivity index (χ0v) is 13.5. The quantitative estimate of drug-likeness (QED) is 0.655. The Kier molecular flexibility index (Phi) is 5.01. The Bertz CT molecular complexity index is 812. The number of carbonyl (C=O) groups excluding carboxylic acids is 1. The second-order valence-electron chi connectivity index (χ2n) is 5.41. The molecule has 0 atom stereocenters. The van der Waals surface area contributed by atoms with Crippen LogP contribution in [-0.2, 0) is 0 Å². The van der Waals surface area contributed by atoms with Crippen LogP contribution in [0.4, 0.5) is 0 Å². The maximum Gasteiger partial charge on any atom is 0.267 e. The molecule has 0 aliphatic carbocycles. The molecule has 24 heavy (non-hydrogen) atoms. The van der Waals surface area contributed by atoms with E-state index in [4.69, 9.17) is 9.47 Å². The van der Waals surface area contributed by atoms with Crippen molar-refractivity contribution in [3.63, 3.8) is 0 Å². The Morgan fingerprint density at radius 1 is 1.08 bits per heavy atom. The van der Waals surface area contributed by atoms with E-state index in [1.165, 1.54) is 0 Å². The van der Waals surface area contributed by atoms with Crippen LogP contribution in [0.3, 0.4) is 0 Å². The van der Waals surface area contributed by atoms with E-state index in [-0.39, 0.29) is 5.91 Å². The highest BCUT2D eigenvalue weighted by atomic mass is 16.5. The van der Waals surface area contributed by atoms with E-state index in [1.54, 1.807) is 7.11 Å². The molecule has 0 aliphatic heterocycles. The highest BCUT2D eigenvalue weighted by Gasteiger charge is 2.09. The Morgan fingerprint density at radius 3 is 2.71 bits per heavy atom.